The highest BCUT2D eigenvalue weighted by Gasteiger charge is 2.18. The van der Waals surface area contributed by atoms with Gasteiger partial charge in [0, 0.05) is 6.04 Å². The minimum atomic E-state index is -0.445. The van der Waals surface area contributed by atoms with Crippen molar-refractivity contribution in [3.05, 3.63) is 10.0 Å². The number of aromatic nitrogens is 1. The number of nitrogens with zero attached hydrogens (tertiary/aromatic N) is 2. The quantitative estimate of drug-likeness (QED) is 0.701. The number of carbonyl (C=O) groups is 1. The van der Waals surface area contributed by atoms with E-state index in [9.17, 15) is 4.79 Å². The monoisotopic (exact) mass is 333 g/mol. The van der Waals surface area contributed by atoms with E-state index < -0.39 is 5.97 Å². The fourth-order valence-electron chi connectivity index (χ4n) is 2.03. The van der Waals surface area contributed by atoms with Crippen LogP contribution in [0.5, 0.6) is 0 Å². The maximum absolute atomic E-state index is 11.5. The van der Waals surface area contributed by atoms with Crippen LogP contribution in [-0.4, -0.2) is 48.6 Å². The molecule has 0 saturated carbocycles. The normalized spacial score (nSPS) is 12.5. The molecule has 0 aromatic carbocycles. The van der Waals surface area contributed by atoms with Gasteiger partial charge in [0.1, 0.15) is 0 Å². The van der Waals surface area contributed by atoms with Gasteiger partial charge in [-0.25, -0.2) is 9.78 Å². The fraction of sp³-hybridized carbons (Fsp3) is 0.714. The van der Waals surface area contributed by atoms with Crippen LogP contribution in [0, 0.1) is 0 Å². The molecule has 0 bridgehead atoms. The average molecular weight is 334 g/mol. The Hall–Kier alpha value is -0.850. The van der Waals surface area contributed by atoms with Crippen molar-refractivity contribution < 1.29 is 9.53 Å². The highest BCUT2D eigenvalue weighted by Crippen LogP contribution is 2.28. The Morgan fingerprint density at radius 1 is 1.48 bits per heavy atom. The number of hydrogen-bond donors (Lipinski definition) is 1. The molecule has 1 rings (SSSR count). The maximum Gasteiger partial charge on any atom is 0.351 e. The molecule has 0 aliphatic carbocycles. The molecule has 1 heterocycles. The predicted octanol–water partition coefficient (Wildman–Crippen LogP) is 3.51. The highest BCUT2D eigenvalue weighted by atomic mass is 35.5. The number of carbonyl (C=O) groups excluding carboxylic acids is 1. The zero-order chi connectivity index (χ0) is 15.8. The van der Waals surface area contributed by atoms with Crippen molar-refractivity contribution >= 4 is 34.0 Å². The summed E-state index contributed by atoms with van der Waals surface area (Å²) >= 11 is 7.17. The number of methoxy groups -OCH3 is 1. The van der Waals surface area contributed by atoms with Crippen LogP contribution < -0.4 is 5.32 Å². The van der Waals surface area contributed by atoms with Crippen molar-refractivity contribution in [2.45, 2.75) is 39.7 Å². The van der Waals surface area contributed by atoms with Gasteiger partial charge in [0.05, 0.1) is 7.11 Å². The van der Waals surface area contributed by atoms with Gasteiger partial charge >= 0.3 is 5.97 Å². The lowest BCUT2D eigenvalue weighted by molar-refractivity contribution is 0.0606. The molecule has 0 amide bonds. The Morgan fingerprint density at radius 3 is 2.71 bits per heavy atom. The van der Waals surface area contributed by atoms with Gasteiger partial charge < -0.3 is 15.0 Å². The van der Waals surface area contributed by atoms with E-state index in [2.05, 4.69) is 40.7 Å². The summed E-state index contributed by atoms with van der Waals surface area (Å²) in [5.74, 6) is -0.445. The van der Waals surface area contributed by atoms with Gasteiger partial charge in [0.15, 0.2) is 15.2 Å². The van der Waals surface area contributed by atoms with E-state index in [0.29, 0.717) is 10.0 Å². The Balaban J connectivity index is 2.44. The minimum absolute atomic E-state index is 0.199. The van der Waals surface area contributed by atoms with Gasteiger partial charge in [-0.3, -0.25) is 0 Å². The number of anilines is 1. The third kappa shape index (κ3) is 5.80. The molecule has 5 nitrogen and oxygen atoms in total. The molecule has 0 aliphatic heterocycles. The highest BCUT2D eigenvalue weighted by molar-refractivity contribution is 7.18. The van der Waals surface area contributed by atoms with Crippen LogP contribution in [0.4, 0.5) is 5.13 Å². The molecule has 0 aliphatic rings. The van der Waals surface area contributed by atoms with Gasteiger partial charge in [-0.15, -0.1) is 0 Å². The summed E-state index contributed by atoms with van der Waals surface area (Å²) in [6.07, 6.45) is 2.17. The largest absolute Gasteiger partial charge is 0.465 e. The smallest absolute Gasteiger partial charge is 0.351 e. The summed E-state index contributed by atoms with van der Waals surface area (Å²) in [7, 11) is 1.33. The molecule has 1 N–H and O–H groups in total. The number of thiazole rings is 1. The molecule has 21 heavy (non-hydrogen) atoms. The lowest BCUT2D eigenvalue weighted by Gasteiger charge is -2.19. The molecule has 0 saturated heterocycles. The molecule has 0 fully saturated rings. The number of halogens is 1. The number of esters is 1. The predicted molar refractivity (Wildman–Crippen MR) is 88.6 cm³/mol. The number of ether oxygens (including phenoxy) is 1. The van der Waals surface area contributed by atoms with Crippen LogP contribution in [-0.2, 0) is 4.74 Å². The van der Waals surface area contributed by atoms with Crippen LogP contribution in [0.1, 0.15) is 43.3 Å². The Labute approximate surface area is 135 Å². The van der Waals surface area contributed by atoms with Crippen molar-refractivity contribution in [2.75, 3.05) is 32.1 Å². The lowest BCUT2D eigenvalue weighted by Crippen LogP contribution is -2.25. The van der Waals surface area contributed by atoms with E-state index in [4.69, 9.17) is 11.6 Å². The van der Waals surface area contributed by atoms with Gasteiger partial charge in [0.25, 0.3) is 0 Å². The fourth-order valence-corrected chi connectivity index (χ4v) is 3.24. The van der Waals surface area contributed by atoms with Crippen LogP contribution in [0.25, 0.3) is 0 Å². The Kier molecular flexibility index (Phi) is 8.00. The summed E-state index contributed by atoms with van der Waals surface area (Å²) in [5.41, 5.74) is 0. The van der Waals surface area contributed by atoms with E-state index in [0.717, 1.165) is 32.5 Å². The first-order valence-electron chi connectivity index (χ1n) is 7.25. The molecule has 1 aromatic heterocycles. The zero-order valence-electron chi connectivity index (χ0n) is 13.1. The number of hydrogen-bond acceptors (Lipinski definition) is 6. The zero-order valence-corrected chi connectivity index (χ0v) is 14.7. The molecule has 0 spiro atoms. The first-order valence-corrected chi connectivity index (χ1v) is 8.44. The molecule has 1 aromatic rings. The standard InChI is InChI=1S/C14H24ClN3O2S/c1-5-18(6-2)9-7-8-10(3)16-14-17-12(15)11(21-14)13(19)20-4/h10H,5-9H2,1-4H3,(H,16,17). The molecule has 1 unspecified atom stereocenters. The van der Waals surface area contributed by atoms with E-state index in [-0.39, 0.29) is 11.2 Å². The van der Waals surface area contributed by atoms with Gasteiger partial charge in [-0.05, 0) is 39.4 Å². The summed E-state index contributed by atoms with van der Waals surface area (Å²) < 4.78 is 4.67. The maximum atomic E-state index is 11.5. The summed E-state index contributed by atoms with van der Waals surface area (Å²) in [5, 5.41) is 4.15. The topological polar surface area (TPSA) is 54.5 Å². The SMILES string of the molecule is CCN(CC)CCCC(C)Nc1nc(Cl)c(C(=O)OC)s1. The van der Waals surface area contributed by atoms with Crippen LogP contribution in [0.2, 0.25) is 5.15 Å². The van der Waals surface area contributed by atoms with Crippen molar-refractivity contribution in [3.63, 3.8) is 0 Å². The summed E-state index contributed by atoms with van der Waals surface area (Å²) in [6.45, 7) is 9.74. The molecule has 0 radical (unpaired) electrons. The first-order chi connectivity index (χ1) is 10.0. The second-order valence-electron chi connectivity index (χ2n) is 4.85. The van der Waals surface area contributed by atoms with Crippen LogP contribution >= 0.6 is 22.9 Å². The van der Waals surface area contributed by atoms with E-state index in [1.807, 2.05) is 0 Å². The molecule has 7 heteroatoms. The third-order valence-electron chi connectivity index (χ3n) is 3.33. The van der Waals surface area contributed by atoms with Crippen molar-refractivity contribution in [2.24, 2.45) is 0 Å². The number of rotatable bonds is 9. The van der Waals surface area contributed by atoms with Crippen molar-refractivity contribution in [1.29, 1.82) is 0 Å². The lowest BCUT2D eigenvalue weighted by atomic mass is 10.2. The van der Waals surface area contributed by atoms with E-state index >= 15 is 0 Å². The molecular formula is C14H24ClN3O2S. The molecular weight excluding hydrogens is 310 g/mol. The Bertz CT molecular complexity index is 449. The molecule has 120 valence electrons. The van der Waals surface area contributed by atoms with E-state index in [1.165, 1.54) is 18.4 Å². The van der Waals surface area contributed by atoms with Gasteiger partial charge in [-0.1, -0.05) is 36.8 Å². The average Bonchev–Trinajstić information content (AvgIpc) is 2.83. The van der Waals surface area contributed by atoms with Gasteiger partial charge in [0.2, 0.25) is 0 Å². The minimum Gasteiger partial charge on any atom is -0.465 e. The Morgan fingerprint density at radius 2 is 2.14 bits per heavy atom. The first kappa shape index (κ1) is 18.2. The van der Waals surface area contributed by atoms with E-state index in [1.54, 1.807) is 0 Å². The van der Waals surface area contributed by atoms with Crippen LogP contribution in [0.3, 0.4) is 0 Å². The van der Waals surface area contributed by atoms with Gasteiger partial charge in [-0.2, -0.15) is 0 Å². The third-order valence-corrected chi connectivity index (χ3v) is 4.68. The van der Waals surface area contributed by atoms with Crippen LogP contribution in [0.15, 0.2) is 0 Å². The van der Waals surface area contributed by atoms with Crippen molar-refractivity contribution in [3.8, 4) is 0 Å². The summed E-state index contributed by atoms with van der Waals surface area (Å²) in [6, 6.07) is 0.285. The second-order valence-corrected chi connectivity index (χ2v) is 6.20. The summed E-state index contributed by atoms with van der Waals surface area (Å²) in [4.78, 5) is 18.4. The second kappa shape index (κ2) is 9.23. The van der Waals surface area contributed by atoms with Crippen molar-refractivity contribution in [1.82, 2.24) is 9.88 Å². The molecule has 1 atom stereocenters. The number of nitrogens with one attached hydrogen (secondary N) is 1.